The van der Waals surface area contributed by atoms with Crippen LogP contribution in [0.5, 0.6) is 17.2 Å². The van der Waals surface area contributed by atoms with Crippen molar-refractivity contribution in [3.63, 3.8) is 0 Å². The molecule has 2 amide bonds. The monoisotopic (exact) mass is 251 g/mol. The van der Waals surface area contributed by atoms with Crippen LogP contribution in [0.15, 0.2) is 18.2 Å². The van der Waals surface area contributed by atoms with Crippen molar-refractivity contribution in [2.75, 3.05) is 7.11 Å². The standard InChI is InChI=1S/C12H13NO5/c1-17-8-4-7(14)5-9(6-8)18-10-2-3-11(15)13-12(10)16/h4-6,10,14H,2-3H2,1H3,(H,13,15,16). The lowest BCUT2D eigenvalue weighted by molar-refractivity contribution is -0.138. The summed E-state index contributed by atoms with van der Waals surface area (Å²) in [5.74, 6) is -0.0304. The molecule has 1 aromatic rings. The molecule has 1 fully saturated rings. The van der Waals surface area contributed by atoms with Crippen LogP contribution in [0.3, 0.4) is 0 Å². The van der Waals surface area contributed by atoms with E-state index in [0.29, 0.717) is 17.9 Å². The zero-order valence-corrected chi connectivity index (χ0v) is 9.80. The van der Waals surface area contributed by atoms with Gasteiger partial charge in [-0.2, -0.15) is 0 Å². The van der Waals surface area contributed by atoms with Gasteiger partial charge >= 0.3 is 0 Å². The molecule has 0 bridgehead atoms. The van der Waals surface area contributed by atoms with Crippen molar-refractivity contribution in [1.29, 1.82) is 0 Å². The summed E-state index contributed by atoms with van der Waals surface area (Å²) >= 11 is 0. The zero-order chi connectivity index (χ0) is 13.1. The number of benzene rings is 1. The van der Waals surface area contributed by atoms with Gasteiger partial charge in [-0.15, -0.1) is 0 Å². The van der Waals surface area contributed by atoms with Crippen LogP contribution in [0.2, 0.25) is 0 Å². The van der Waals surface area contributed by atoms with Gasteiger partial charge < -0.3 is 14.6 Å². The third kappa shape index (κ3) is 2.71. The Kier molecular flexibility index (Phi) is 3.36. The minimum atomic E-state index is -0.728. The Morgan fingerprint density at radius 1 is 1.28 bits per heavy atom. The highest BCUT2D eigenvalue weighted by molar-refractivity contribution is 5.99. The number of aromatic hydroxyl groups is 1. The Morgan fingerprint density at radius 3 is 2.67 bits per heavy atom. The van der Waals surface area contributed by atoms with Crippen molar-refractivity contribution in [3.8, 4) is 17.2 Å². The first-order valence-electron chi connectivity index (χ1n) is 5.47. The van der Waals surface area contributed by atoms with Gasteiger partial charge in [0, 0.05) is 31.0 Å². The van der Waals surface area contributed by atoms with E-state index in [0.717, 1.165) is 0 Å². The molecular formula is C12H13NO5. The van der Waals surface area contributed by atoms with E-state index in [9.17, 15) is 14.7 Å². The minimum Gasteiger partial charge on any atom is -0.508 e. The van der Waals surface area contributed by atoms with E-state index in [2.05, 4.69) is 5.32 Å². The van der Waals surface area contributed by atoms with Crippen LogP contribution < -0.4 is 14.8 Å². The van der Waals surface area contributed by atoms with Crippen LogP contribution in [0.4, 0.5) is 0 Å². The molecule has 0 radical (unpaired) electrons. The van der Waals surface area contributed by atoms with E-state index in [1.807, 2.05) is 0 Å². The van der Waals surface area contributed by atoms with Crippen LogP contribution in [-0.2, 0) is 9.59 Å². The van der Waals surface area contributed by atoms with E-state index in [4.69, 9.17) is 9.47 Å². The Balaban J connectivity index is 2.11. The number of ether oxygens (including phenoxy) is 2. The number of amides is 2. The summed E-state index contributed by atoms with van der Waals surface area (Å²) in [4.78, 5) is 22.5. The van der Waals surface area contributed by atoms with Crippen molar-refractivity contribution < 1.29 is 24.2 Å². The van der Waals surface area contributed by atoms with Crippen molar-refractivity contribution in [2.45, 2.75) is 18.9 Å². The number of phenols is 1. The van der Waals surface area contributed by atoms with Crippen LogP contribution in [0.1, 0.15) is 12.8 Å². The van der Waals surface area contributed by atoms with Gasteiger partial charge in [0.05, 0.1) is 7.11 Å². The van der Waals surface area contributed by atoms with Crippen molar-refractivity contribution in [1.82, 2.24) is 5.32 Å². The highest BCUT2D eigenvalue weighted by Crippen LogP contribution is 2.28. The molecule has 6 heteroatoms. The van der Waals surface area contributed by atoms with Crippen LogP contribution in [0, 0.1) is 0 Å². The number of hydrogen-bond acceptors (Lipinski definition) is 5. The minimum absolute atomic E-state index is 0.0170. The van der Waals surface area contributed by atoms with E-state index in [1.165, 1.54) is 19.2 Å². The number of carbonyl (C=O) groups is 2. The van der Waals surface area contributed by atoms with Crippen molar-refractivity contribution in [3.05, 3.63) is 18.2 Å². The van der Waals surface area contributed by atoms with Crippen molar-refractivity contribution >= 4 is 11.8 Å². The fourth-order valence-corrected chi connectivity index (χ4v) is 1.69. The first kappa shape index (κ1) is 12.2. The van der Waals surface area contributed by atoms with Gasteiger partial charge in [0.15, 0.2) is 6.10 Å². The molecule has 6 nitrogen and oxygen atoms in total. The highest BCUT2D eigenvalue weighted by Gasteiger charge is 2.28. The predicted molar refractivity (Wildman–Crippen MR) is 61.5 cm³/mol. The van der Waals surface area contributed by atoms with Crippen LogP contribution in [-0.4, -0.2) is 30.1 Å². The highest BCUT2D eigenvalue weighted by atomic mass is 16.5. The number of methoxy groups -OCH3 is 1. The van der Waals surface area contributed by atoms with E-state index in [1.54, 1.807) is 6.07 Å². The number of nitrogens with one attached hydrogen (secondary N) is 1. The maximum atomic E-state index is 11.5. The molecule has 0 saturated carbocycles. The molecule has 96 valence electrons. The molecule has 1 atom stereocenters. The summed E-state index contributed by atoms with van der Waals surface area (Å²) in [6.45, 7) is 0. The van der Waals surface area contributed by atoms with Gasteiger partial charge in [-0.05, 0) is 0 Å². The van der Waals surface area contributed by atoms with E-state index < -0.39 is 12.0 Å². The van der Waals surface area contributed by atoms with Crippen LogP contribution in [0.25, 0.3) is 0 Å². The third-order valence-corrected chi connectivity index (χ3v) is 2.57. The summed E-state index contributed by atoms with van der Waals surface area (Å²) in [7, 11) is 1.46. The van der Waals surface area contributed by atoms with Gasteiger partial charge in [-0.25, -0.2) is 0 Å². The molecule has 0 aliphatic carbocycles. The predicted octanol–water partition coefficient (Wildman–Crippen LogP) is 0.585. The lowest BCUT2D eigenvalue weighted by Crippen LogP contribution is -2.46. The lowest BCUT2D eigenvalue weighted by Gasteiger charge is -2.22. The summed E-state index contributed by atoms with van der Waals surface area (Å²) in [5, 5.41) is 11.6. The van der Waals surface area contributed by atoms with Gasteiger partial charge in [-0.3, -0.25) is 14.9 Å². The molecule has 1 aliphatic rings. The second kappa shape index (κ2) is 4.95. The van der Waals surface area contributed by atoms with Crippen molar-refractivity contribution in [2.24, 2.45) is 0 Å². The summed E-state index contributed by atoms with van der Waals surface area (Å²) < 4.78 is 10.4. The number of rotatable bonds is 3. The summed E-state index contributed by atoms with van der Waals surface area (Å²) in [6, 6.07) is 4.37. The van der Waals surface area contributed by atoms with Crippen LogP contribution >= 0.6 is 0 Å². The smallest absolute Gasteiger partial charge is 0.267 e. The molecule has 1 aromatic carbocycles. The fraction of sp³-hybridized carbons (Fsp3) is 0.333. The average molecular weight is 251 g/mol. The van der Waals surface area contributed by atoms with E-state index >= 15 is 0 Å². The maximum absolute atomic E-state index is 11.5. The van der Waals surface area contributed by atoms with Gasteiger partial charge in [0.2, 0.25) is 5.91 Å². The molecule has 2 N–H and O–H groups in total. The normalized spacial score (nSPS) is 19.3. The van der Waals surface area contributed by atoms with Gasteiger partial charge in [0.25, 0.3) is 5.91 Å². The first-order valence-corrected chi connectivity index (χ1v) is 5.47. The Labute approximate surface area is 104 Å². The topological polar surface area (TPSA) is 84.9 Å². The Morgan fingerprint density at radius 2 is 2.00 bits per heavy atom. The molecule has 1 unspecified atom stereocenters. The molecule has 0 aromatic heterocycles. The summed E-state index contributed by atoms with van der Waals surface area (Å²) in [6.07, 6.45) is -0.163. The van der Waals surface area contributed by atoms with Gasteiger partial charge in [0.1, 0.15) is 17.2 Å². The number of imide groups is 1. The molecular weight excluding hydrogens is 238 g/mol. The number of carbonyl (C=O) groups excluding carboxylic acids is 2. The molecule has 1 aliphatic heterocycles. The number of piperidine rings is 1. The molecule has 2 rings (SSSR count). The second-order valence-electron chi connectivity index (χ2n) is 3.92. The van der Waals surface area contributed by atoms with E-state index in [-0.39, 0.29) is 18.1 Å². The number of hydrogen-bond donors (Lipinski definition) is 2. The summed E-state index contributed by atoms with van der Waals surface area (Å²) in [5.41, 5.74) is 0. The SMILES string of the molecule is COc1cc(O)cc(OC2CCC(=O)NC2=O)c1. The first-order chi connectivity index (χ1) is 8.58. The Hall–Kier alpha value is -2.24. The Bertz CT molecular complexity index is 485. The fourth-order valence-electron chi connectivity index (χ4n) is 1.69. The lowest BCUT2D eigenvalue weighted by atomic mass is 10.1. The molecule has 1 heterocycles. The maximum Gasteiger partial charge on any atom is 0.267 e. The third-order valence-electron chi connectivity index (χ3n) is 2.57. The number of phenolic OH excluding ortho intramolecular Hbond substituents is 1. The average Bonchev–Trinajstić information content (AvgIpc) is 2.32. The van der Waals surface area contributed by atoms with Gasteiger partial charge in [-0.1, -0.05) is 0 Å². The molecule has 0 spiro atoms. The molecule has 1 saturated heterocycles. The molecule has 18 heavy (non-hydrogen) atoms. The zero-order valence-electron chi connectivity index (χ0n) is 9.80. The quantitative estimate of drug-likeness (QED) is 0.768. The second-order valence-corrected chi connectivity index (χ2v) is 3.92. The largest absolute Gasteiger partial charge is 0.508 e.